The minimum Gasteiger partial charge on any atom is -0.492 e. The fourth-order valence-corrected chi connectivity index (χ4v) is 1.86. The SMILES string of the molecule is Cc1cc(OCCNCCC(C)C)cc(C)c1Cl. The van der Waals surface area contributed by atoms with Gasteiger partial charge in [-0.3, -0.25) is 0 Å². The summed E-state index contributed by atoms with van der Waals surface area (Å²) < 4.78 is 5.71. The third-order valence-corrected chi connectivity index (χ3v) is 3.45. The molecule has 3 heteroatoms. The molecule has 0 aromatic heterocycles. The van der Waals surface area contributed by atoms with Gasteiger partial charge in [0.1, 0.15) is 12.4 Å². The predicted octanol–water partition coefficient (Wildman–Crippen LogP) is 3.97. The van der Waals surface area contributed by atoms with Crippen molar-refractivity contribution in [3.8, 4) is 5.75 Å². The first kappa shape index (κ1) is 15.3. The molecule has 0 heterocycles. The predicted molar refractivity (Wildman–Crippen MR) is 78.7 cm³/mol. The normalized spacial score (nSPS) is 11.0. The van der Waals surface area contributed by atoms with E-state index in [1.165, 1.54) is 6.42 Å². The first-order valence-corrected chi connectivity index (χ1v) is 6.98. The molecule has 0 fully saturated rings. The van der Waals surface area contributed by atoms with Crippen LogP contribution in [0.5, 0.6) is 5.75 Å². The Morgan fingerprint density at radius 3 is 2.33 bits per heavy atom. The van der Waals surface area contributed by atoms with Crippen molar-refractivity contribution in [2.75, 3.05) is 19.7 Å². The van der Waals surface area contributed by atoms with Gasteiger partial charge in [-0.25, -0.2) is 0 Å². The second kappa shape index (κ2) is 7.65. The molecular formula is C15H24ClNO. The molecule has 0 radical (unpaired) electrons. The van der Waals surface area contributed by atoms with Crippen LogP contribution in [0.3, 0.4) is 0 Å². The van der Waals surface area contributed by atoms with E-state index in [-0.39, 0.29) is 0 Å². The second-order valence-corrected chi connectivity index (χ2v) is 5.53. The lowest BCUT2D eigenvalue weighted by Crippen LogP contribution is -2.23. The summed E-state index contributed by atoms with van der Waals surface area (Å²) in [6.45, 7) is 11.1. The van der Waals surface area contributed by atoms with E-state index in [9.17, 15) is 0 Å². The number of benzene rings is 1. The zero-order chi connectivity index (χ0) is 13.5. The number of halogens is 1. The lowest BCUT2D eigenvalue weighted by Gasteiger charge is -2.11. The maximum absolute atomic E-state index is 6.11. The van der Waals surface area contributed by atoms with Gasteiger partial charge in [0.2, 0.25) is 0 Å². The maximum Gasteiger partial charge on any atom is 0.119 e. The average molecular weight is 270 g/mol. The van der Waals surface area contributed by atoms with Gasteiger partial charge in [-0.15, -0.1) is 0 Å². The Kier molecular flexibility index (Phi) is 6.51. The number of rotatable bonds is 7. The van der Waals surface area contributed by atoms with Gasteiger partial charge >= 0.3 is 0 Å². The van der Waals surface area contributed by atoms with E-state index in [0.29, 0.717) is 6.61 Å². The van der Waals surface area contributed by atoms with Gasteiger partial charge in [0.05, 0.1) is 0 Å². The van der Waals surface area contributed by atoms with Crippen LogP contribution in [-0.4, -0.2) is 19.7 Å². The van der Waals surface area contributed by atoms with Gasteiger partial charge < -0.3 is 10.1 Å². The van der Waals surface area contributed by atoms with Crippen molar-refractivity contribution in [2.24, 2.45) is 5.92 Å². The van der Waals surface area contributed by atoms with E-state index in [1.54, 1.807) is 0 Å². The van der Waals surface area contributed by atoms with Crippen LogP contribution in [0.2, 0.25) is 5.02 Å². The Bertz CT molecular complexity index is 354. The lowest BCUT2D eigenvalue weighted by atomic mass is 10.1. The van der Waals surface area contributed by atoms with E-state index in [1.807, 2.05) is 26.0 Å². The average Bonchev–Trinajstić information content (AvgIpc) is 2.30. The van der Waals surface area contributed by atoms with Crippen LogP contribution in [0.15, 0.2) is 12.1 Å². The maximum atomic E-state index is 6.11. The Labute approximate surface area is 116 Å². The van der Waals surface area contributed by atoms with E-state index >= 15 is 0 Å². The molecule has 0 saturated carbocycles. The quantitative estimate of drug-likeness (QED) is 0.757. The van der Waals surface area contributed by atoms with E-state index in [0.717, 1.165) is 40.9 Å². The number of hydrogen-bond donors (Lipinski definition) is 1. The standard InChI is InChI=1S/C15H24ClNO/c1-11(2)5-6-17-7-8-18-14-9-12(3)15(16)13(4)10-14/h9-11,17H,5-8H2,1-4H3. The van der Waals surface area contributed by atoms with Gasteiger partial charge in [0.25, 0.3) is 0 Å². The molecule has 0 aliphatic heterocycles. The van der Waals surface area contributed by atoms with Crippen molar-refractivity contribution < 1.29 is 4.74 Å². The fourth-order valence-electron chi connectivity index (χ4n) is 1.75. The molecule has 18 heavy (non-hydrogen) atoms. The summed E-state index contributed by atoms with van der Waals surface area (Å²) in [6.07, 6.45) is 1.21. The van der Waals surface area contributed by atoms with Gasteiger partial charge in [0.15, 0.2) is 0 Å². The highest BCUT2D eigenvalue weighted by Gasteiger charge is 2.03. The number of ether oxygens (including phenoxy) is 1. The van der Waals surface area contributed by atoms with Gasteiger partial charge in [0, 0.05) is 11.6 Å². The van der Waals surface area contributed by atoms with Crippen LogP contribution >= 0.6 is 11.6 Å². The van der Waals surface area contributed by atoms with Crippen molar-refractivity contribution in [1.82, 2.24) is 5.32 Å². The number of nitrogens with one attached hydrogen (secondary N) is 1. The summed E-state index contributed by atoms with van der Waals surface area (Å²) in [5, 5.41) is 4.21. The molecule has 1 aromatic rings. The molecule has 0 amide bonds. The summed E-state index contributed by atoms with van der Waals surface area (Å²) in [7, 11) is 0. The highest BCUT2D eigenvalue weighted by Crippen LogP contribution is 2.25. The van der Waals surface area contributed by atoms with E-state index < -0.39 is 0 Å². The summed E-state index contributed by atoms with van der Waals surface area (Å²) in [6, 6.07) is 3.98. The summed E-state index contributed by atoms with van der Waals surface area (Å²) in [5.41, 5.74) is 2.14. The highest BCUT2D eigenvalue weighted by atomic mass is 35.5. The van der Waals surface area contributed by atoms with Crippen molar-refractivity contribution >= 4 is 11.6 Å². The molecule has 0 aliphatic carbocycles. The van der Waals surface area contributed by atoms with Crippen molar-refractivity contribution in [1.29, 1.82) is 0 Å². The largest absolute Gasteiger partial charge is 0.492 e. The molecule has 0 unspecified atom stereocenters. The van der Waals surface area contributed by atoms with E-state index in [2.05, 4.69) is 19.2 Å². The third-order valence-electron chi connectivity index (χ3n) is 2.86. The fraction of sp³-hybridized carbons (Fsp3) is 0.600. The second-order valence-electron chi connectivity index (χ2n) is 5.15. The van der Waals surface area contributed by atoms with Crippen LogP contribution in [0.25, 0.3) is 0 Å². The van der Waals surface area contributed by atoms with Gasteiger partial charge in [-0.2, -0.15) is 0 Å². The van der Waals surface area contributed by atoms with Gasteiger partial charge in [-0.1, -0.05) is 25.4 Å². The zero-order valence-corrected chi connectivity index (χ0v) is 12.6. The molecule has 1 N–H and O–H groups in total. The first-order chi connectivity index (χ1) is 8.50. The molecule has 0 atom stereocenters. The smallest absolute Gasteiger partial charge is 0.119 e. The Balaban J connectivity index is 2.27. The van der Waals surface area contributed by atoms with Gasteiger partial charge in [-0.05, 0) is 56.0 Å². The van der Waals surface area contributed by atoms with Crippen molar-refractivity contribution in [3.63, 3.8) is 0 Å². The third kappa shape index (κ3) is 5.28. The summed E-state index contributed by atoms with van der Waals surface area (Å²) in [4.78, 5) is 0. The van der Waals surface area contributed by atoms with Crippen LogP contribution in [0.4, 0.5) is 0 Å². The topological polar surface area (TPSA) is 21.3 Å². The van der Waals surface area contributed by atoms with Crippen molar-refractivity contribution in [2.45, 2.75) is 34.1 Å². The number of aryl methyl sites for hydroxylation is 2. The van der Waals surface area contributed by atoms with Crippen LogP contribution in [0.1, 0.15) is 31.4 Å². The van der Waals surface area contributed by atoms with E-state index in [4.69, 9.17) is 16.3 Å². The molecule has 102 valence electrons. The first-order valence-electron chi connectivity index (χ1n) is 6.61. The Morgan fingerprint density at radius 1 is 1.17 bits per heavy atom. The summed E-state index contributed by atoms with van der Waals surface area (Å²) >= 11 is 6.11. The monoisotopic (exact) mass is 269 g/mol. The summed E-state index contributed by atoms with van der Waals surface area (Å²) in [5.74, 6) is 1.65. The Hall–Kier alpha value is -0.730. The molecule has 0 spiro atoms. The highest BCUT2D eigenvalue weighted by molar-refractivity contribution is 6.32. The van der Waals surface area contributed by atoms with Crippen LogP contribution in [0, 0.1) is 19.8 Å². The number of hydrogen-bond acceptors (Lipinski definition) is 2. The molecule has 2 nitrogen and oxygen atoms in total. The molecular weight excluding hydrogens is 246 g/mol. The van der Waals surface area contributed by atoms with Crippen molar-refractivity contribution in [3.05, 3.63) is 28.3 Å². The minimum atomic E-state index is 0.693. The zero-order valence-electron chi connectivity index (χ0n) is 11.8. The molecule has 0 bridgehead atoms. The lowest BCUT2D eigenvalue weighted by molar-refractivity contribution is 0.312. The van der Waals surface area contributed by atoms with Crippen LogP contribution < -0.4 is 10.1 Å². The molecule has 0 aliphatic rings. The molecule has 1 aromatic carbocycles. The Morgan fingerprint density at radius 2 is 1.78 bits per heavy atom. The van der Waals surface area contributed by atoms with Crippen LogP contribution in [-0.2, 0) is 0 Å². The molecule has 1 rings (SSSR count). The molecule has 0 saturated heterocycles. The minimum absolute atomic E-state index is 0.693.